The van der Waals surface area contributed by atoms with Crippen molar-refractivity contribution in [1.29, 1.82) is 0 Å². The number of likely N-dealkylation sites (tertiary alicyclic amines) is 1. The summed E-state index contributed by atoms with van der Waals surface area (Å²) in [5, 5.41) is 0. The molecule has 0 spiro atoms. The molecule has 22 heavy (non-hydrogen) atoms. The van der Waals surface area contributed by atoms with Gasteiger partial charge in [-0.3, -0.25) is 4.90 Å². The van der Waals surface area contributed by atoms with Crippen molar-refractivity contribution in [3.63, 3.8) is 0 Å². The SMILES string of the molecule is BC1CCCCC2C(C)N(C(C)C)CCC2C(C)(C(C)C)C1. The highest BCUT2D eigenvalue weighted by atomic mass is 15.2. The Balaban J connectivity index is 2.31. The first kappa shape index (κ1) is 18.4. The highest BCUT2D eigenvalue weighted by molar-refractivity contribution is 6.11. The third-order valence-electron chi connectivity index (χ3n) is 7.46. The van der Waals surface area contributed by atoms with E-state index in [1.165, 1.54) is 45.1 Å². The Morgan fingerprint density at radius 3 is 2.27 bits per heavy atom. The molecule has 1 heterocycles. The number of fused-ring (bicyclic) bond motifs is 1. The molecule has 0 amide bonds. The molecule has 5 atom stereocenters. The molecule has 0 radical (unpaired) electrons. The van der Waals surface area contributed by atoms with E-state index in [0.717, 1.165) is 29.6 Å². The van der Waals surface area contributed by atoms with E-state index in [1.807, 2.05) is 0 Å². The molecule has 1 nitrogen and oxygen atoms in total. The Morgan fingerprint density at radius 1 is 1.05 bits per heavy atom. The predicted molar refractivity (Wildman–Crippen MR) is 101 cm³/mol. The van der Waals surface area contributed by atoms with Crippen LogP contribution in [0.15, 0.2) is 0 Å². The molecule has 0 bridgehead atoms. The van der Waals surface area contributed by atoms with Crippen LogP contribution in [-0.4, -0.2) is 31.4 Å². The summed E-state index contributed by atoms with van der Waals surface area (Å²) in [6.07, 6.45) is 8.69. The smallest absolute Gasteiger partial charge is 0.105 e. The number of hydrogen-bond acceptors (Lipinski definition) is 1. The number of rotatable bonds is 2. The van der Waals surface area contributed by atoms with Crippen molar-refractivity contribution in [2.24, 2.45) is 23.2 Å². The van der Waals surface area contributed by atoms with Gasteiger partial charge in [0, 0.05) is 12.1 Å². The zero-order valence-corrected chi connectivity index (χ0v) is 16.4. The maximum Gasteiger partial charge on any atom is 0.105 e. The Morgan fingerprint density at radius 2 is 1.68 bits per heavy atom. The summed E-state index contributed by atoms with van der Waals surface area (Å²) in [6.45, 7) is 16.2. The number of piperidine rings is 1. The highest BCUT2D eigenvalue weighted by Crippen LogP contribution is 2.52. The van der Waals surface area contributed by atoms with Gasteiger partial charge in [0.1, 0.15) is 7.85 Å². The first-order chi connectivity index (χ1) is 10.3. The van der Waals surface area contributed by atoms with E-state index in [-0.39, 0.29) is 0 Å². The molecule has 2 fully saturated rings. The fourth-order valence-corrected chi connectivity index (χ4v) is 5.82. The van der Waals surface area contributed by atoms with Gasteiger partial charge in [-0.1, -0.05) is 52.3 Å². The van der Waals surface area contributed by atoms with Crippen LogP contribution >= 0.6 is 0 Å². The van der Waals surface area contributed by atoms with E-state index in [1.54, 1.807) is 0 Å². The summed E-state index contributed by atoms with van der Waals surface area (Å²) in [6, 6.07) is 1.47. The molecule has 2 rings (SSSR count). The van der Waals surface area contributed by atoms with Gasteiger partial charge in [0.15, 0.2) is 0 Å². The largest absolute Gasteiger partial charge is 0.298 e. The lowest BCUT2D eigenvalue weighted by Crippen LogP contribution is -2.54. The van der Waals surface area contributed by atoms with Gasteiger partial charge >= 0.3 is 0 Å². The van der Waals surface area contributed by atoms with Crippen LogP contribution in [0.3, 0.4) is 0 Å². The van der Waals surface area contributed by atoms with Gasteiger partial charge in [0.2, 0.25) is 0 Å². The topological polar surface area (TPSA) is 3.24 Å². The first-order valence-electron chi connectivity index (χ1n) is 10.0. The van der Waals surface area contributed by atoms with Gasteiger partial charge in [-0.25, -0.2) is 0 Å². The molecule has 2 aliphatic rings. The van der Waals surface area contributed by atoms with Crippen molar-refractivity contribution >= 4 is 7.85 Å². The van der Waals surface area contributed by atoms with E-state index in [0.29, 0.717) is 11.5 Å². The van der Waals surface area contributed by atoms with Crippen molar-refractivity contribution in [3.05, 3.63) is 0 Å². The second-order valence-corrected chi connectivity index (χ2v) is 9.39. The average Bonchev–Trinajstić information content (AvgIpc) is 2.49. The Hall–Kier alpha value is 0.0249. The molecule has 128 valence electrons. The van der Waals surface area contributed by atoms with E-state index in [2.05, 4.69) is 54.3 Å². The lowest BCUT2D eigenvalue weighted by molar-refractivity contribution is -0.0451. The highest BCUT2D eigenvalue weighted by Gasteiger charge is 2.47. The molecule has 0 aromatic heterocycles. The summed E-state index contributed by atoms with van der Waals surface area (Å²) >= 11 is 0. The zero-order valence-electron chi connectivity index (χ0n) is 16.4. The van der Waals surface area contributed by atoms with E-state index in [4.69, 9.17) is 0 Å². The van der Waals surface area contributed by atoms with Crippen LogP contribution in [0.2, 0.25) is 5.82 Å². The zero-order chi connectivity index (χ0) is 16.5. The normalized spacial score (nSPS) is 41.8. The van der Waals surface area contributed by atoms with Crippen LogP contribution in [0, 0.1) is 23.2 Å². The minimum Gasteiger partial charge on any atom is -0.298 e. The van der Waals surface area contributed by atoms with Crippen LogP contribution in [0.1, 0.15) is 80.1 Å². The minimum absolute atomic E-state index is 0.533. The molecule has 1 aliphatic heterocycles. The van der Waals surface area contributed by atoms with Crippen molar-refractivity contribution in [2.45, 2.75) is 98.0 Å². The van der Waals surface area contributed by atoms with E-state index in [9.17, 15) is 0 Å². The fourth-order valence-electron chi connectivity index (χ4n) is 5.82. The number of hydrogen-bond donors (Lipinski definition) is 0. The van der Waals surface area contributed by atoms with Crippen LogP contribution < -0.4 is 0 Å². The lowest BCUT2D eigenvalue weighted by Gasteiger charge is -2.54. The molecule has 5 unspecified atom stereocenters. The molecular weight excluding hydrogens is 265 g/mol. The van der Waals surface area contributed by atoms with Gasteiger partial charge in [0.05, 0.1) is 0 Å². The van der Waals surface area contributed by atoms with Gasteiger partial charge < -0.3 is 0 Å². The van der Waals surface area contributed by atoms with Crippen LogP contribution in [0.5, 0.6) is 0 Å². The van der Waals surface area contributed by atoms with Crippen molar-refractivity contribution in [2.75, 3.05) is 6.54 Å². The quantitative estimate of drug-likeness (QED) is 0.664. The molecule has 0 N–H and O–H groups in total. The summed E-state index contributed by atoms with van der Waals surface area (Å²) in [5.41, 5.74) is 0.533. The summed E-state index contributed by atoms with van der Waals surface area (Å²) in [4.78, 5) is 2.78. The van der Waals surface area contributed by atoms with Crippen LogP contribution in [0.25, 0.3) is 0 Å². The maximum absolute atomic E-state index is 2.78. The third-order valence-corrected chi connectivity index (χ3v) is 7.46. The molecule has 0 aromatic carbocycles. The van der Waals surface area contributed by atoms with E-state index >= 15 is 0 Å². The molecule has 2 heteroatoms. The van der Waals surface area contributed by atoms with Gasteiger partial charge in [-0.15, -0.1) is 0 Å². The van der Waals surface area contributed by atoms with Gasteiger partial charge in [-0.05, 0) is 63.3 Å². The van der Waals surface area contributed by atoms with Crippen LogP contribution in [-0.2, 0) is 0 Å². The molecule has 1 saturated carbocycles. The van der Waals surface area contributed by atoms with Crippen molar-refractivity contribution < 1.29 is 0 Å². The predicted octanol–water partition coefficient (Wildman–Crippen LogP) is 4.77. The molecule has 1 aliphatic carbocycles. The van der Waals surface area contributed by atoms with Crippen LogP contribution in [0.4, 0.5) is 0 Å². The third kappa shape index (κ3) is 3.58. The molecule has 1 saturated heterocycles. The summed E-state index contributed by atoms with van der Waals surface area (Å²) < 4.78 is 0. The minimum atomic E-state index is 0.533. The summed E-state index contributed by atoms with van der Waals surface area (Å²) in [5.74, 6) is 3.55. The second-order valence-electron chi connectivity index (χ2n) is 9.39. The maximum atomic E-state index is 2.78. The lowest BCUT2D eigenvalue weighted by atomic mass is 9.55. The average molecular weight is 305 g/mol. The first-order valence-corrected chi connectivity index (χ1v) is 10.0. The standard InChI is InChI=1S/C20H40BN/c1-14(2)20(6)13-17(21)9-7-8-10-18-16(5)22(15(3)4)12-11-19(18)20/h14-19H,7-13,21H2,1-6H3. The van der Waals surface area contributed by atoms with Crippen molar-refractivity contribution in [1.82, 2.24) is 4.90 Å². The van der Waals surface area contributed by atoms with E-state index < -0.39 is 0 Å². The fraction of sp³-hybridized carbons (Fsp3) is 1.00. The Labute approximate surface area is 141 Å². The Bertz CT molecular complexity index is 354. The molecular formula is C20H40BN. The molecule has 0 aromatic rings. The second kappa shape index (κ2) is 7.28. The Kier molecular flexibility index (Phi) is 6.08. The van der Waals surface area contributed by atoms with Gasteiger partial charge in [-0.2, -0.15) is 0 Å². The monoisotopic (exact) mass is 305 g/mol. The number of nitrogens with zero attached hydrogens (tertiary/aromatic N) is 1. The summed E-state index contributed by atoms with van der Waals surface area (Å²) in [7, 11) is 2.51. The van der Waals surface area contributed by atoms with Crippen molar-refractivity contribution in [3.8, 4) is 0 Å². The van der Waals surface area contributed by atoms with Gasteiger partial charge in [0.25, 0.3) is 0 Å².